The average Bonchev–Trinajstić information content (AvgIpc) is 3.43. The number of aryl methyl sites for hydroxylation is 1. The number of hydrogen-bond acceptors (Lipinski definition) is 10. The average molecular weight is 444 g/mol. The van der Waals surface area contributed by atoms with E-state index in [1.54, 1.807) is 6.07 Å². The smallest absolute Gasteiger partial charge is 0.347 e. The maximum Gasteiger partial charge on any atom is 0.347 e. The monoisotopic (exact) mass is 444 g/mol. The second-order valence-corrected chi connectivity index (χ2v) is 7.82. The van der Waals surface area contributed by atoms with Crippen molar-refractivity contribution in [3.63, 3.8) is 0 Å². The van der Waals surface area contributed by atoms with Crippen molar-refractivity contribution >= 4 is 28.7 Å². The molecule has 0 saturated carbocycles. The summed E-state index contributed by atoms with van der Waals surface area (Å²) in [6.07, 6.45) is -0.876. The molecule has 1 aromatic heterocycles. The zero-order valence-corrected chi connectivity index (χ0v) is 17.4. The third kappa shape index (κ3) is 3.13. The topological polar surface area (TPSA) is 128 Å². The lowest BCUT2D eigenvalue weighted by Gasteiger charge is -2.15. The van der Waals surface area contributed by atoms with Gasteiger partial charge in [-0.15, -0.1) is 0 Å². The van der Waals surface area contributed by atoms with E-state index in [-0.39, 0.29) is 42.9 Å². The molecular formula is C22H20O10. The van der Waals surface area contributed by atoms with Gasteiger partial charge in [0.1, 0.15) is 22.6 Å². The van der Waals surface area contributed by atoms with Crippen molar-refractivity contribution in [1.29, 1.82) is 0 Å². The number of methoxy groups -OCH3 is 2. The fourth-order valence-electron chi connectivity index (χ4n) is 4.61. The van der Waals surface area contributed by atoms with Crippen LogP contribution in [0.4, 0.5) is 0 Å². The standard InChI is InChI=1S/C22H20O10/c1-27-12-8-13-19(20-18(12)9-3-4-11(23)17(9)21(26)32-20)10-7-16(31-22(10)29-13)30-15(25)6-5-14(24)28-2/h8,10,16,22H,3-7H2,1-2H3/t10-,16+,22-/m0/s1. The van der Waals surface area contributed by atoms with E-state index in [9.17, 15) is 19.2 Å². The number of carbonyl (C=O) groups excluding carboxylic acids is 3. The summed E-state index contributed by atoms with van der Waals surface area (Å²) in [4.78, 5) is 48.0. The Bertz CT molecular complexity index is 1210. The Labute approximate surface area is 181 Å². The van der Waals surface area contributed by atoms with Gasteiger partial charge in [0.25, 0.3) is 0 Å². The number of rotatable bonds is 5. The molecule has 2 aliphatic heterocycles. The minimum Gasteiger partial charge on any atom is -0.496 e. The Balaban J connectivity index is 1.47. The molecule has 32 heavy (non-hydrogen) atoms. The quantitative estimate of drug-likeness (QED) is 0.499. The zero-order chi connectivity index (χ0) is 22.6. The molecule has 0 spiro atoms. The van der Waals surface area contributed by atoms with Crippen molar-refractivity contribution in [2.75, 3.05) is 14.2 Å². The highest BCUT2D eigenvalue weighted by atomic mass is 16.8. The van der Waals surface area contributed by atoms with Gasteiger partial charge in [-0.25, -0.2) is 4.79 Å². The van der Waals surface area contributed by atoms with Crippen LogP contribution in [0.5, 0.6) is 11.5 Å². The molecule has 0 bridgehead atoms. The lowest BCUT2D eigenvalue weighted by Crippen LogP contribution is -2.21. The molecule has 3 heterocycles. The van der Waals surface area contributed by atoms with E-state index in [2.05, 4.69) is 4.74 Å². The molecular weight excluding hydrogens is 424 g/mol. The molecule has 1 saturated heterocycles. The Kier molecular flexibility index (Phi) is 4.89. The number of benzene rings is 1. The minimum atomic E-state index is -0.872. The summed E-state index contributed by atoms with van der Waals surface area (Å²) in [5.41, 5.74) is 0.934. The largest absolute Gasteiger partial charge is 0.496 e. The molecule has 5 rings (SSSR count). The molecule has 0 N–H and O–H groups in total. The predicted molar refractivity (Wildman–Crippen MR) is 106 cm³/mol. The molecule has 0 unspecified atom stereocenters. The summed E-state index contributed by atoms with van der Waals surface area (Å²) < 4.78 is 32.6. The number of carbonyl (C=O) groups is 3. The van der Waals surface area contributed by atoms with E-state index in [4.69, 9.17) is 23.4 Å². The molecule has 1 aromatic carbocycles. The van der Waals surface area contributed by atoms with E-state index < -0.39 is 30.1 Å². The van der Waals surface area contributed by atoms with Crippen LogP contribution >= 0.6 is 0 Å². The Hall–Kier alpha value is -3.40. The van der Waals surface area contributed by atoms with Crippen LogP contribution in [0.25, 0.3) is 11.0 Å². The van der Waals surface area contributed by atoms with Crippen LogP contribution in [-0.4, -0.2) is 44.5 Å². The van der Waals surface area contributed by atoms with Crippen LogP contribution in [-0.2, 0) is 30.2 Å². The van der Waals surface area contributed by atoms with Crippen molar-refractivity contribution in [3.8, 4) is 11.5 Å². The van der Waals surface area contributed by atoms with Gasteiger partial charge in [-0.05, 0) is 12.0 Å². The van der Waals surface area contributed by atoms with Gasteiger partial charge in [0.15, 0.2) is 5.78 Å². The Morgan fingerprint density at radius 2 is 1.91 bits per heavy atom. The van der Waals surface area contributed by atoms with Crippen molar-refractivity contribution in [2.24, 2.45) is 0 Å². The number of fused-ring (bicyclic) bond motifs is 7. The first-order valence-electron chi connectivity index (χ1n) is 10.2. The lowest BCUT2D eigenvalue weighted by molar-refractivity contribution is -0.191. The van der Waals surface area contributed by atoms with Gasteiger partial charge in [-0.3, -0.25) is 14.4 Å². The first kappa shape index (κ1) is 20.5. The molecule has 0 radical (unpaired) electrons. The number of ketones is 1. The highest BCUT2D eigenvalue weighted by molar-refractivity contribution is 6.06. The summed E-state index contributed by atoms with van der Waals surface area (Å²) in [6, 6.07) is 1.69. The number of hydrogen-bond donors (Lipinski definition) is 0. The maximum atomic E-state index is 12.6. The van der Waals surface area contributed by atoms with Gasteiger partial charge in [0.2, 0.25) is 12.6 Å². The summed E-state index contributed by atoms with van der Waals surface area (Å²) in [7, 11) is 2.73. The molecule has 0 amide bonds. The summed E-state index contributed by atoms with van der Waals surface area (Å²) in [5, 5.41) is 0.578. The first-order valence-corrected chi connectivity index (χ1v) is 10.2. The second-order valence-electron chi connectivity index (χ2n) is 7.82. The fraction of sp³-hybridized carbons (Fsp3) is 0.455. The van der Waals surface area contributed by atoms with Gasteiger partial charge in [0.05, 0.1) is 38.4 Å². The van der Waals surface area contributed by atoms with E-state index >= 15 is 0 Å². The van der Waals surface area contributed by atoms with Crippen molar-refractivity contribution in [2.45, 2.75) is 50.6 Å². The number of esters is 2. The van der Waals surface area contributed by atoms with Gasteiger partial charge < -0.3 is 28.1 Å². The molecule has 168 valence electrons. The van der Waals surface area contributed by atoms with Gasteiger partial charge in [0, 0.05) is 24.5 Å². The molecule has 10 nitrogen and oxygen atoms in total. The van der Waals surface area contributed by atoms with Crippen molar-refractivity contribution < 1.29 is 42.5 Å². The SMILES string of the molecule is COC(=O)CCC(=O)O[C@H]1C[C@H]2c3c(cc(OC)c4c5c(c(=O)oc34)C(=O)CC5)O[C@H]2O1. The molecule has 10 heteroatoms. The molecule has 1 fully saturated rings. The Morgan fingerprint density at radius 1 is 1.12 bits per heavy atom. The number of Topliss-reactive ketones (excluding diaryl/α,β-unsaturated/α-hetero) is 1. The van der Waals surface area contributed by atoms with Crippen LogP contribution in [0.15, 0.2) is 15.3 Å². The third-order valence-corrected chi connectivity index (χ3v) is 6.05. The summed E-state index contributed by atoms with van der Waals surface area (Å²) >= 11 is 0. The molecule has 2 aromatic rings. The molecule has 1 aliphatic carbocycles. The predicted octanol–water partition coefficient (Wildman–Crippen LogP) is 1.98. The number of ether oxygens (including phenoxy) is 5. The highest BCUT2D eigenvalue weighted by Crippen LogP contribution is 2.52. The summed E-state index contributed by atoms with van der Waals surface area (Å²) in [6.45, 7) is 0. The van der Waals surface area contributed by atoms with E-state index in [0.717, 1.165) is 0 Å². The van der Waals surface area contributed by atoms with Crippen LogP contribution < -0.4 is 15.1 Å². The van der Waals surface area contributed by atoms with E-state index in [1.807, 2.05) is 0 Å². The molecule has 3 aliphatic rings. The van der Waals surface area contributed by atoms with Crippen molar-refractivity contribution in [3.05, 3.63) is 33.2 Å². The summed E-state index contributed by atoms with van der Waals surface area (Å²) in [5.74, 6) is -0.801. The van der Waals surface area contributed by atoms with Gasteiger partial charge >= 0.3 is 17.6 Å². The van der Waals surface area contributed by atoms with Gasteiger partial charge in [-0.2, -0.15) is 0 Å². The van der Waals surface area contributed by atoms with Crippen LogP contribution in [0.1, 0.15) is 53.1 Å². The van der Waals surface area contributed by atoms with Crippen LogP contribution in [0.2, 0.25) is 0 Å². The van der Waals surface area contributed by atoms with E-state index in [1.165, 1.54) is 14.2 Å². The highest BCUT2D eigenvalue weighted by Gasteiger charge is 2.48. The van der Waals surface area contributed by atoms with E-state index in [0.29, 0.717) is 40.0 Å². The lowest BCUT2D eigenvalue weighted by atomic mass is 9.93. The third-order valence-electron chi connectivity index (χ3n) is 6.05. The van der Waals surface area contributed by atoms with Crippen LogP contribution in [0.3, 0.4) is 0 Å². The first-order chi connectivity index (χ1) is 15.4. The second kappa shape index (κ2) is 7.63. The fourth-order valence-corrected chi connectivity index (χ4v) is 4.61. The van der Waals surface area contributed by atoms with Crippen LogP contribution in [0, 0.1) is 0 Å². The zero-order valence-electron chi connectivity index (χ0n) is 17.4. The molecule has 3 atom stereocenters. The normalized spacial score (nSPS) is 22.8. The van der Waals surface area contributed by atoms with Gasteiger partial charge in [-0.1, -0.05) is 0 Å². The maximum absolute atomic E-state index is 12.6. The minimum absolute atomic E-state index is 0.0753. The Morgan fingerprint density at radius 3 is 2.66 bits per heavy atom. The van der Waals surface area contributed by atoms with Crippen molar-refractivity contribution in [1.82, 2.24) is 0 Å².